The summed E-state index contributed by atoms with van der Waals surface area (Å²) in [5.41, 5.74) is 6.32. The van der Waals surface area contributed by atoms with Crippen molar-refractivity contribution >= 4 is 17.9 Å². The number of hydrazine groups is 1. The Morgan fingerprint density at radius 1 is 1.45 bits per heavy atom. The number of phenols is 1. The number of phenolic OH excluding ortho intramolecular Hbond substituents is 1. The quantitative estimate of drug-likeness (QED) is 0.190. The van der Waals surface area contributed by atoms with Crippen molar-refractivity contribution in [1.82, 2.24) is 5.01 Å². The van der Waals surface area contributed by atoms with Crippen molar-refractivity contribution in [3.63, 3.8) is 0 Å². The minimum atomic E-state index is -0.584. The van der Waals surface area contributed by atoms with E-state index in [9.17, 15) is 9.59 Å². The Morgan fingerprint density at radius 2 is 2.05 bits per heavy atom. The Labute approximate surface area is 116 Å². The predicted octanol–water partition coefficient (Wildman–Crippen LogP) is -0.0636. The molecular formula is C13H18N4O3. The molecule has 6 N–H and O–H groups in total. The van der Waals surface area contributed by atoms with E-state index in [-0.39, 0.29) is 17.9 Å². The summed E-state index contributed by atoms with van der Waals surface area (Å²) in [6.45, 7) is 0. The van der Waals surface area contributed by atoms with Crippen molar-refractivity contribution in [1.29, 1.82) is 0 Å². The number of carbonyl (C=O) groups is 2. The number of amides is 1. The molecule has 0 saturated heterocycles. The van der Waals surface area contributed by atoms with Crippen molar-refractivity contribution in [2.75, 3.05) is 12.4 Å². The minimum absolute atomic E-state index is 0.0997. The lowest BCUT2D eigenvalue weighted by Gasteiger charge is -2.18. The van der Waals surface area contributed by atoms with Crippen LogP contribution in [0.5, 0.6) is 5.75 Å². The van der Waals surface area contributed by atoms with Gasteiger partial charge in [-0.05, 0) is 30.3 Å². The third-order valence-corrected chi connectivity index (χ3v) is 2.48. The molecule has 0 aliphatic carbocycles. The van der Waals surface area contributed by atoms with Crippen LogP contribution in [-0.2, 0) is 9.59 Å². The lowest BCUT2D eigenvalue weighted by molar-refractivity contribution is -0.114. The van der Waals surface area contributed by atoms with Crippen molar-refractivity contribution in [2.24, 2.45) is 11.6 Å². The molecule has 0 radical (unpaired) electrons. The van der Waals surface area contributed by atoms with Crippen molar-refractivity contribution < 1.29 is 14.7 Å². The second-order valence-corrected chi connectivity index (χ2v) is 4.23. The Kier molecular flexibility index (Phi) is 5.70. The molecular weight excluding hydrogens is 260 g/mol. The van der Waals surface area contributed by atoms with E-state index < -0.39 is 11.9 Å². The second kappa shape index (κ2) is 7.27. The van der Waals surface area contributed by atoms with Gasteiger partial charge in [0.1, 0.15) is 17.7 Å². The van der Waals surface area contributed by atoms with Crippen LogP contribution in [0.3, 0.4) is 0 Å². The van der Waals surface area contributed by atoms with Crippen LogP contribution in [0.1, 0.15) is 6.42 Å². The van der Waals surface area contributed by atoms with Gasteiger partial charge < -0.3 is 26.0 Å². The largest absolute Gasteiger partial charge is 0.508 e. The number of hydrogen-bond acceptors (Lipinski definition) is 6. The molecule has 1 rings (SSSR count). The molecule has 7 heteroatoms. The van der Waals surface area contributed by atoms with Gasteiger partial charge in [-0.15, -0.1) is 0 Å². The Balaban J connectivity index is 2.84. The first-order chi connectivity index (χ1) is 9.43. The van der Waals surface area contributed by atoms with E-state index in [0.29, 0.717) is 12.0 Å². The third-order valence-electron chi connectivity index (χ3n) is 2.48. The van der Waals surface area contributed by atoms with Gasteiger partial charge in [0.05, 0.1) is 0 Å². The number of hydrogen-bond donors (Lipinski definition) is 4. The highest BCUT2D eigenvalue weighted by Gasteiger charge is 2.14. The summed E-state index contributed by atoms with van der Waals surface area (Å²) < 4.78 is 0. The number of benzene rings is 1. The molecule has 108 valence electrons. The average Bonchev–Trinajstić information content (AvgIpc) is 2.38. The van der Waals surface area contributed by atoms with Gasteiger partial charge in [-0.2, -0.15) is 0 Å². The molecule has 0 aromatic heterocycles. The highest BCUT2D eigenvalue weighted by Crippen LogP contribution is 2.14. The van der Waals surface area contributed by atoms with Gasteiger partial charge in [0.25, 0.3) is 5.91 Å². The zero-order valence-electron chi connectivity index (χ0n) is 11.1. The standard InChI is InChI=1S/C13H18N4O3/c1-17(15)12(8-9(14)6-7-18)13(20)16-10-2-4-11(19)5-3-10/h2-5,7-9,19H,6,14-15H2,1H3,(H,16,20)/b12-8-. The molecule has 7 nitrogen and oxygen atoms in total. The third kappa shape index (κ3) is 4.71. The topological polar surface area (TPSA) is 122 Å². The molecule has 0 aliphatic rings. The SMILES string of the molecule is CN(N)/C(=C\C(N)CC=O)C(=O)Nc1ccc(O)cc1. The molecule has 1 aromatic rings. The fourth-order valence-electron chi connectivity index (χ4n) is 1.48. The fourth-order valence-corrected chi connectivity index (χ4v) is 1.48. The predicted molar refractivity (Wildman–Crippen MR) is 75.4 cm³/mol. The van der Waals surface area contributed by atoms with E-state index in [1.54, 1.807) is 12.1 Å². The van der Waals surface area contributed by atoms with Gasteiger partial charge in [-0.3, -0.25) is 4.79 Å². The van der Waals surface area contributed by atoms with E-state index >= 15 is 0 Å². The summed E-state index contributed by atoms with van der Waals surface area (Å²) in [4.78, 5) is 22.5. The van der Waals surface area contributed by atoms with Crippen LogP contribution >= 0.6 is 0 Å². The zero-order valence-corrected chi connectivity index (χ0v) is 11.1. The average molecular weight is 278 g/mol. The molecule has 1 atom stereocenters. The van der Waals surface area contributed by atoms with E-state index in [0.717, 1.165) is 5.01 Å². The summed E-state index contributed by atoms with van der Waals surface area (Å²) in [6.07, 6.45) is 2.20. The van der Waals surface area contributed by atoms with Crippen LogP contribution in [0.4, 0.5) is 5.69 Å². The summed E-state index contributed by atoms with van der Waals surface area (Å²) in [5.74, 6) is 5.22. The van der Waals surface area contributed by atoms with Crippen LogP contribution in [-0.4, -0.2) is 35.4 Å². The maximum Gasteiger partial charge on any atom is 0.273 e. The molecule has 0 heterocycles. The number of nitrogens with two attached hydrogens (primary N) is 2. The number of rotatable bonds is 6. The van der Waals surface area contributed by atoms with Gasteiger partial charge >= 0.3 is 0 Å². The highest BCUT2D eigenvalue weighted by atomic mass is 16.3. The molecule has 0 fully saturated rings. The van der Waals surface area contributed by atoms with Crippen LogP contribution < -0.4 is 16.9 Å². The van der Waals surface area contributed by atoms with Crippen molar-refractivity contribution in [3.8, 4) is 5.75 Å². The monoisotopic (exact) mass is 278 g/mol. The lowest BCUT2D eigenvalue weighted by atomic mass is 10.2. The molecule has 0 aliphatic heterocycles. The number of aldehydes is 1. The number of aromatic hydroxyl groups is 1. The van der Waals surface area contributed by atoms with Crippen LogP contribution in [0.2, 0.25) is 0 Å². The van der Waals surface area contributed by atoms with Crippen LogP contribution in [0.15, 0.2) is 36.0 Å². The van der Waals surface area contributed by atoms with Crippen LogP contribution in [0.25, 0.3) is 0 Å². The van der Waals surface area contributed by atoms with Crippen molar-refractivity contribution in [2.45, 2.75) is 12.5 Å². The summed E-state index contributed by atoms with van der Waals surface area (Å²) in [7, 11) is 1.50. The molecule has 0 spiro atoms. The fraction of sp³-hybridized carbons (Fsp3) is 0.231. The van der Waals surface area contributed by atoms with E-state index in [2.05, 4.69) is 5.32 Å². The molecule has 0 bridgehead atoms. The minimum Gasteiger partial charge on any atom is -0.508 e. The number of anilines is 1. The Bertz CT molecular complexity index is 497. The molecule has 1 aromatic carbocycles. The first-order valence-electron chi connectivity index (χ1n) is 5.94. The molecule has 1 unspecified atom stereocenters. The summed E-state index contributed by atoms with van der Waals surface area (Å²) in [5, 5.41) is 12.9. The van der Waals surface area contributed by atoms with Gasteiger partial charge in [0, 0.05) is 25.2 Å². The van der Waals surface area contributed by atoms with Gasteiger partial charge in [0.15, 0.2) is 0 Å². The maximum atomic E-state index is 12.1. The van der Waals surface area contributed by atoms with Crippen LogP contribution in [0, 0.1) is 0 Å². The zero-order chi connectivity index (χ0) is 15.1. The summed E-state index contributed by atoms with van der Waals surface area (Å²) in [6, 6.07) is 5.41. The Morgan fingerprint density at radius 3 is 2.55 bits per heavy atom. The highest BCUT2D eigenvalue weighted by molar-refractivity contribution is 6.03. The first-order valence-corrected chi connectivity index (χ1v) is 5.94. The van der Waals surface area contributed by atoms with E-state index in [4.69, 9.17) is 16.7 Å². The second-order valence-electron chi connectivity index (χ2n) is 4.23. The number of nitrogens with one attached hydrogen (secondary N) is 1. The Hall–Kier alpha value is -2.38. The van der Waals surface area contributed by atoms with Crippen molar-refractivity contribution in [3.05, 3.63) is 36.0 Å². The number of nitrogens with zero attached hydrogens (tertiary/aromatic N) is 1. The lowest BCUT2D eigenvalue weighted by Crippen LogP contribution is -2.35. The van der Waals surface area contributed by atoms with Gasteiger partial charge in [-0.1, -0.05) is 0 Å². The normalized spacial score (nSPS) is 12.7. The smallest absolute Gasteiger partial charge is 0.273 e. The van der Waals surface area contributed by atoms with Gasteiger partial charge in [-0.25, -0.2) is 5.84 Å². The van der Waals surface area contributed by atoms with E-state index in [1.165, 1.54) is 25.3 Å². The summed E-state index contributed by atoms with van der Waals surface area (Å²) >= 11 is 0. The molecule has 0 saturated carbocycles. The molecule has 20 heavy (non-hydrogen) atoms. The molecule has 1 amide bonds. The number of carbonyl (C=O) groups excluding carboxylic acids is 2. The maximum absolute atomic E-state index is 12.1. The van der Waals surface area contributed by atoms with E-state index in [1.807, 2.05) is 0 Å². The number of likely N-dealkylation sites (N-methyl/N-ethyl adjacent to an activating group) is 1. The van der Waals surface area contributed by atoms with Gasteiger partial charge in [0.2, 0.25) is 0 Å². The first kappa shape index (κ1) is 15.7.